The van der Waals surface area contributed by atoms with Gasteiger partial charge in [0.15, 0.2) is 11.8 Å². The summed E-state index contributed by atoms with van der Waals surface area (Å²) >= 11 is 0. The largest absolute Gasteiger partial charge is 0.410 e. The average Bonchev–Trinajstić information content (AvgIpc) is 3.40. The highest BCUT2D eigenvalue weighted by Gasteiger charge is 2.47. The van der Waals surface area contributed by atoms with Crippen molar-refractivity contribution in [2.24, 2.45) is 0 Å². The van der Waals surface area contributed by atoms with E-state index in [4.69, 9.17) is 0 Å². The molecule has 1 aliphatic heterocycles. The molecule has 2 unspecified atom stereocenters. The van der Waals surface area contributed by atoms with Gasteiger partial charge in [0.05, 0.1) is 17.8 Å². The maximum atomic E-state index is 14.1. The molecule has 1 aromatic heterocycles. The van der Waals surface area contributed by atoms with Crippen LogP contribution in [-0.4, -0.2) is 21.7 Å². The zero-order valence-corrected chi connectivity index (χ0v) is 22.4. The van der Waals surface area contributed by atoms with E-state index in [1.165, 1.54) is 18.3 Å². The number of hydrogen-bond donors (Lipinski definition) is 1. The van der Waals surface area contributed by atoms with Gasteiger partial charge in [-0.3, -0.25) is 4.79 Å². The van der Waals surface area contributed by atoms with Crippen LogP contribution in [0.25, 0.3) is 11.1 Å². The second kappa shape index (κ2) is 10.9. The van der Waals surface area contributed by atoms with Crippen LogP contribution in [0.4, 0.5) is 23.4 Å². The molecule has 0 amide bonds. The van der Waals surface area contributed by atoms with Gasteiger partial charge in [0.25, 0.3) is 0 Å². The van der Waals surface area contributed by atoms with Crippen molar-refractivity contribution in [1.82, 2.24) is 9.78 Å². The summed E-state index contributed by atoms with van der Waals surface area (Å²) in [5.74, 6) is -0.446. The number of carbonyl (C=O) groups is 1. The lowest BCUT2D eigenvalue weighted by Crippen LogP contribution is -2.36. The SMILES string of the molecule is CCC(CC)(CC(=O)c1cnn2c1NC(c1ccccc1)CC2C(F)(F)F)c1ccc(-c2ccc(F)cc2)cc1. The summed E-state index contributed by atoms with van der Waals surface area (Å²) in [6, 6.07) is 20.6. The Morgan fingerprint density at radius 3 is 2.10 bits per heavy atom. The molecular weight excluding hydrogens is 518 g/mol. The molecule has 5 rings (SSSR count). The van der Waals surface area contributed by atoms with Crippen LogP contribution in [0.3, 0.4) is 0 Å². The van der Waals surface area contributed by atoms with Gasteiger partial charge in [-0.05, 0) is 47.2 Å². The van der Waals surface area contributed by atoms with Crippen LogP contribution in [0.1, 0.15) is 73.1 Å². The molecule has 1 aliphatic rings. The first kappa shape index (κ1) is 27.6. The van der Waals surface area contributed by atoms with Crippen molar-refractivity contribution in [2.75, 3.05) is 5.32 Å². The maximum absolute atomic E-state index is 14.1. The van der Waals surface area contributed by atoms with Crippen LogP contribution in [0.2, 0.25) is 0 Å². The molecule has 0 fully saturated rings. The summed E-state index contributed by atoms with van der Waals surface area (Å²) in [6.45, 7) is 4.03. The Morgan fingerprint density at radius 1 is 0.925 bits per heavy atom. The number of aromatic nitrogens is 2. The van der Waals surface area contributed by atoms with Crippen molar-refractivity contribution in [3.63, 3.8) is 0 Å². The number of alkyl halides is 3. The molecule has 1 N–H and O–H groups in total. The molecule has 40 heavy (non-hydrogen) atoms. The standard InChI is InChI=1S/C32H31F4N3O/c1-3-31(4-2,24-14-10-21(11-15-24)22-12-16-25(33)17-13-22)19-28(40)26-20-37-39-29(32(34,35)36)18-27(38-30(26)39)23-8-6-5-7-9-23/h5-17,20,27,29,38H,3-4,18-19H2,1-2H3. The lowest BCUT2D eigenvalue weighted by molar-refractivity contribution is -0.173. The summed E-state index contributed by atoms with van der Waals surface area (Å²) in [7, 11) is 0. The van der Waals surface area contributed by atoms with Crippen LogP contribution in [0.5, 0.6) is 0 Å². The van der Waals surface area contributed by atoms with Crippen LogP contribution >= 0.6 is 0 Å². The number of anilines is 1. The van der Waals surface area contributed by atoms with E-state index in [0.717, 1.165) is 26.9 Å². The van der Waals surface area contributed by atoms with Crippen LogP contribution in [0, 0.1) is 5.82 Å². The Balaban J connectivity index is 1.45. The summed E-state index contributed by atoms with van der Waals surface area (Å²) < 4.78 is 56.6. The molecule has 0 aliphatic carbocycles. The molecule has 3 aromatic carbocycles. The topological polar surface area (TPSA) is 46.9 Å². The second-order valence-electron chi connectivity index (χ2n) is 10.4. The van der Waals surface area contributed by atoms with E-state index >= 15 is 0 Å². The monoisotopic (exact) mass is 549 g/mol. The quantitative estimate of drug-likeness (QED) is 0.177. The molecule has 8 heteroatoms. The fraction of sp³-hybridized carbons (Fsp3) is 0.312. The van der Waals surface area contributed by atoms with Gasteiger partial charge in [-0.2, -0.15) is 18.3 Å². The zero-order chi connectivity index (χ0) is 28.5. The van der Waals surface area contributed by atoms with Crippen LogP contribution < -0.4 is 5.32 Å². The minimum atomic E-state index is -4.51. The van der Waals surface area contributed by atoms with Crippen molar-refractivity contribution in [2.45, 2.75) is 63.2 Å². The van der Waals surface area contributed by atoms with Crippen molar-refractivity contribution >= 4 is 11.6 Å². The van der Waals surface area contributed by atoms with Gasteiger partial charge in [0, 0.05) is 18.3 Å². The summed E-state index contributed by atoms with van der Waals surface area (Å²) in [6.07, 6.45) is -2.00. The van der Waals surface area contributed by atoms with Gasteiger partial charge in [-0.25, -0.2) is 9.07 Å². The molecule has 0 radical (unpaired) electrons. The van der Waals surface area contributed by atoms with Crippen molar-refractivity contribution in [3.05, 3.63) is 108 Å². The van der Waals surface area contributed by atoms with Crippen LogP contribution in [0.15, 0.2) is 85.1 Å². The molecule has 0 saturated heterocycles. The normalized spacial score (nSPS) is 17.2. The molecule has 208 valence electrons. The number of fused-ring (bicyclic) bond motifs is 1. The Hall–Kier alpha value is -3.94. The zero-order valence-electron chi connectivity index (χ0n) is 22.4. The molecule has 4 aromatic rings. The number of hydrogen-bond acceptors (Lipinski definition) is 3. The lowest BCUT2D eigenvalue weighted by Gasteiger charge is -2.35. The van der Waals surface area contributed by atoms with E-state index in [-0.39, 0.29) is 35.8 Å². The molecule has 2 heterocycles. The highest BCUT2D eigenvalue weighted by Crippen LogP contribution is 2.45. The van der Waals surface area contributed by atoms with E-state index in [1.807, 2.05) is 44.2 Å². The lowest BCUT2D eigenvalue weighted by atomic mass is 9.71. The maximum Gasteiger partial charge on any atom is 0.410 e. The number of rotatable bonds is 8. The minimum Gasteiger partial charge on any atom is -0.363 e. The smallest absolute Gasteiger partial charge is 0.363 e. The van der Waals surface area contributed by atoms with E-state index in [0.29, 0.717) is 12.8 Å². The first-order valence-electron chi connectivity index (χ1n) is 13.5. The molecule has 0 bridgehead atoms. The summed E-state index contributed by atoms with van der Waals surface area (Å²) in [4.78, 5) is 13.8. The third kappa shape index (κ3) is 5.27. The number of carbonyl (C=O) groups excluding carboxylic acids is 1. The number of halogens is 4. The van der Waals surface area contributed by atoms with E-state index in [2.05, 4.69) is 10.4 Å². The van der Waals surface area contributed by atoms with Gasteiger partial charge < -0.3 is 5.32 Å². The molecule has 4 nitrogen and oxygen atoms in total. The molecule has 2 atom stereocenters. The Kier molecular flexibility index (Phi) is 7.53. The summed E-state index contributed by atoms with van der Waals surface area (Å²) in [5.41, 5.74) is 3.17. The molecule has 0 saturated carbocycles. The third-order valence-electron chi connectivity index (χ3n) is 8.27. The number of nitrogens with zero attached hydrogens (tertiary/aromatic N) is 2. The van der Waals surface area contributed by atoms with Crippen LogP contribution in [-0.2, 0) is 5.41 Å². The summed E-state index contributed by atoms with van der Waals surface area (Å²) in [5, 5.41) is 7.24. The van der Waals surface area contributed by atoms with Crippen molar-refractivity contribution in [3.8, 4) is 11.1 Å². The Labute approximate surface area is 231 Å². The van der Waals surface area contributed by atoms with E-state index in [9.17, 15) is 22.4 Å². The average molecular weight is 550 g/mol. The van der Waals surface area contributed by atoms with E-state index < -0.39 is 23.7 Å². The van der Waals surface area contributed by atoms with Gasteiger partial charge in [0.1, 0.15) is 11.6 Å². The predicted molar refractivity (Wildman–Crippen MR) is 148 cm³/mol. The minimum absolute atomic E-state index is 0.111. The Bertz CT molecular complexity index is 1460. The van der Waals surface area contributed by atoms with Gasteiger partial charge in [0.2, 0.25) is 0 Å². The van der Waals surface area contributed by atoms with Gasteiger partial charge in [-0.1, -0.05) is 80.6 Å². The van der Waals surface area contributed by atoms with Gasteiger partial charge >= 0.3 is 6.18 Å². The molecule has 0 spiro atoms. The fourth-order valence-electron chi connectivity index (χ4n) is 5.74. The number of Topliss-reactive ketones (excluding diaryl/α,β-unsaturated/α-hetero) is 1. The second-order valence-corrected chi connectivity index (χ2v) is 10.4. The number of nitrogens with one attached hydrogen (secondary N) is 1. The van der Waals surface area contributed by atoms with Crippen molar-refractivity contribution < 1.29 is 22.4 Å². The van der Waals surface area contributed by atoms with E-state index in [1.54, 1.807) is 36.4 Å². The highest BCUT2D eigenvalue weighted by molar-refractivity contribution is 6.01. The first-order valence-corrected chi connectivity index (χ1v) is 13.5. The highest BCUT2D eigenvalue weighted by atomic mass is 19.4. The fourth-order valence-corrected chi connectivity index (χ4v) is 5.74. The predicted octanol–water partition coefficient (Wildman–Crippen LogP) is 8.68. The third-order valence-corrected chi connectivity index (χ3v) is 8.27. The Morgan fingerprint density at radius 2 is 1.52 bits per heavy atom. The van der Waals surface area contributed by atoms with Crippen molar-refractivity contribution in [1.29, 1.82) is 0 Å². The number of ketones is 1. The molecular formula is C32H31F4N3O. The van der Waals surface area contributed by atoms with Gasteiger partial charge in [-0.15, -0.1) is 0 Å². The first-order chi connectivity index (χ1) is 19.1. The number of benzene rings is 3.